The van der Waals surface area contributed by atoms with Gasteiger partial charge in [0.05, 0.1) is 6.10 Å². The predicted molar refractivity (Wildman–Crippen MR) is 78.5 cm³/mol. The Bertz CT molecular complexity index is 382. The van der Waals surface area contributed by atoms with Crippen molar-refractivity contribution in [3.8, 4) is 0 Å². The first-order valence-electron chi connectivity index (χ1n) is 6.12. The van der Waals surface area contributed by atoms with Crippen LogP contribution in [0.4, 0.5) is 4.79 Å². The molecule has 19 heavy (non-hydrogen) atoms. The summed E-state index contributed by atoms with van der Waals surface area (Å²) in [5.74, 6) is 0. The third-order valence-corrected chi connectivity index (χ3v) is 3.81. The van der Waals surface area contributed by atoms with E-state index < -0.39 is 16.3 Å². The van der Waals surface area contributed by atoms with Gasteiger partial charge in [0.1, 0.15) is 0 Å². The summed E-state index contributed by atoms with van der Waals surface area (Å²) in [6.07, 6.45) is 0.487. The molecule has 0 aliphatic carbocycles. The zero-order valence-electron chi connectivity index (χ0n) is 11.8. The normalized spacial score (nSPS) is 12.5. The number of amides is 1. The van der Waals surface area contributed by atoms with Gasteiger partial charge in [-0.15, -0.1) is 0 Å². The van der Waals surface area contributed by atoms with Crippen LogP contribution >= 0.6 is 15.9 Å². The molecule has 0 fully saturated rings. The van der Waals surface area contributed by atoms with Gasteiger partial charge in [-0.25, -0.2) is 9.52 Å². The highest BCUT2D eigenvalue weighted by Gasteiger charge is 2.22. The van der Waals surface area contributed by atoms with Gasteiger partial charge in [-0.05, 0) is 32.1 Å². The van der Waals surface area contributed by atoms with E-state index in [1.54, 1.807) is 18.6 Å². The van der Waals surface area contributed by atoms with Crippen LogP contribution in [0.25, 0.3) is 0 Å². The molecule has 0 radical (unpaired) electrons. The lowest BCUT2D eigenvalue weighted by Crippen LogP contribution is -2.44. The van der Waals surface area contributed by atoms with Crippen LogP contribution in [0.2, 0.25) is 0 Å². The van der Waals surface area contributed by atoms with E-state index >= 15 is 0 Å². The summed E-state index contributed by atoms with van der Waals surface area (Å²) in [4.78, 5) is 11.2. The predicted octanol–water partition coefficient (Wildman–Crippen LogP) is 2.16. The largest absolute Gasteiger partial charge is 0.446 e. The van der Waals surface area contributed by atoms with Crippen molar-refractivity contribution in [2.75, 3.05) is 11.9 Å². The van der Waals surface area contributed by atoms with Crippen molar-refractivity contribution in [1.29, 1.82) is 0 Å². The second kappa shape index (κ2) is 8.06. The fourth-order valence-electron chi connectivity index (χ4n) is 1.31. The van der Waals surface area contributed by atoms with Crippen LogP contribution in [0.5, 0.6) is 0 Å². The van der Waals surface area contributed by atoms with Gasteiger partial charge in [0.25, 0.3) is 0 Å². The zero-order valence-corrected chi connectivity index (χ0v) is 14.2. The van der Waals surface area contributed by atoms with Gasteiger partial charge >= 0.3 is 16.3 Å². The SMILES string of the molecule is CC(C)OC(=O)NS(=O)(=O)NCC(C)(C)CCCBr. The molecule has 0 bridgehead atoms. The molecule has 0 unspecified atom stereocenters. The Kier molecular flexibility index (Phi) is 7.92. The van der Waals surface area contributed by atoms with Crippen molar-refractivity contribution in [1.82, 2.24) is 9.44 Å². The number of nitrogens with one attached hydrogen (secondary N) is 2. The van der Waals surface area contributed by atoms with Gasteiger partial charge in [-0.3, -0.25) is 0 Å². The minimum atomic E-state index is -3.87. The summed E-state index contributed by atoms with van der Waals surface area (Å²) in [5, 5.41) is 0.877. The molecule has 114 valence electrons. The number of alkyl halides is 1. The Labute approximate surface area is 124 Å². The van der Waals surface area contributed by atoms with E-state index in [0.29, 0.717) is 0 Å². The van der Waals surface area contributed by atoms with Crippen LogP contribution in [0.15, 0.2) is 0 Å². The smallest absolute Gasteiger partial charge is 0.422 e. The summed E-state index contributed by atoms with van der Waals surface area (Å²) in [7, 11) is -3.87. The number of carbonyl (C=O) groups excluding carboxylic acids is 1. The number of carbonyl (C=O) groups is 1. The Morgan fingerprint density at radius 3 is 2.42 bits per heavy atom. The van der Waals surface area contributed by atoms with Crippen LogP contribution in [0.1, 0.15) is 40.5 Å². The van der Waals surface area contributed by atoms with Gasteiger partial charge in [0, 0.05) is 11.9 Å². The lowest BCUT2D eigenvalue weighted by Gasteiger charge is -2.24. The standard InChI is InChI=1S/C11H23BrN2O4S/c1-9(2)18-10(15)14-19(16,17)13-8-11(3,4)6-5-7-12/h9,13H,5-8H2,1-4H3,(H,14,15). The molecule has 6 nitrogen and oxygen atoms in total. The first kappa shape index (κ1) is 18.7. The Balaban J connectivity index is 4.27. The Morgan fingerprint density at radius 1 is 1.37 bits per heavy atom. The van der Waals surface area contributed by atoms with Crippen molar-refractivity contribution >= 4 is 32.2 Å². The molecule has 0 aromatic carbocycles. The highest BCUT2D eigenvalue weighted by molar-refractivity contribution is 9.09. The topological polar surface area (TPSA) is 84.5 Å². The molecule has 8 heteroatoms. The molecular formula is C11H23BrN2O4S. The van der Waals surface area contributed by atoms with E-state index in [0.717, 1.165) is 18.2 Å². The fraction of sp³-hybridized carbons (Fsp3) is 0.909. The number of hydrogen-bond donors (Lipinski definition) is 2. The second-order valence-electron chi connectivity index (χ2n) is 5.34. The molecule has 0 saturated carbocycles. The first-order chi connectivity index (χ1) is 8.58. The van der Waals surface area contributed by atoms with Crippen LogP contribution in [0.3, 0.4) is 0 Å². The average molecular weight is 359 g/mol. The summed E-state index contributed by atoms with van der Waals surface area (Å²) in [6, 6.07) is 0. The summed E-state index contributed by atoms with van der Waals surface area (Å²) >= 11 is 3.34. The van der Waals surface area contributed by atoms with Gasteiger partial charge < -0.3 is 4.74 Å². The quantitative estimate of drug-likeness (QED) is 0.651. The third kappa shape index (κ3) is 10.1. The van der Waals surface area contributed by atoms with Crippen LogP contribution < -0.4 is 9.44 Å². The molecule has 0 saturated heterocycles. The van der Waals surface area contributed by atoms with Gasteiger partial charge in [-0.2, -0.15) is 13.1 Å². The van der Waals surface area contributed by atoms with Crippen molar-refractivity contribution in [2.24, 2.45) is 5.41 Å². The summed E-state index contributed by atoms with van der Waals surface area (Å²) in [6.45, 7) is 7.46. The molecule has 0 aromatic rings. The second-order valence-corrected chi connectivity index (χ2v) is 7.63. The van der Waals surface area contributed by atoms with Crippen molar-refractivity contribution in [3.05, 3.63) is 0 Å². The highest BCUT2D eigenvalue weighted by atomic mass is 79.9. The molecule has 0 atom stereocenters. The molecule has 0 spiro atoms. The van der Waals surface area contributed by atoms with E-state index in [9.17, 15) is 13.2 Å². The molecular weight excluding hydrogens is 336 g/mol. The zero-order chi connectivity index (χ0) is 15.1. The van der Waals surface area contributed by atoms with E-state index in [-0.39, 0.29) is 18.1 Å². The van der Waals surface area contributed by atoms with Crippen LogP contribution in [-0.2, 0) is 14.9 Å². The van der Waals surface area contributed by atoms with Gasteiger partial charge in [0.15, 0.2) is 0 Å². The molecule has 0 aliphatic heterocycles. The van der Waals surface area contributed by atoms with Crippen LogP contribution in [-0.4, -0.2) is 32.5 Å². The van der Waals surface area contributed by atoms with Crippen molar-refractivity contribution in [3.63, 3.8) is 0 Å². The molecule has 0 aromatic heterocycles. The fourth-order valence-corrected chi connectivity index (χ4v) is 2.51. The average Bonchev–Trinajstić information content (AvgIpc) is 2.22. The highest BCUT2D eigenvalue weighted by Crippen LogP contribution is 2.21. The summed E-state index contributed by atoms with van der Waals surface area (Å²) < 4.78 is 32.1. The van der Waals surface area contributed by atoms with Crippen molar-refractivity contribution in [2.45, 2.75) is 46.6 Å². The maximum Gasteiger partial charge on any atom is 0.422 e. The Morgan fingerprint density at radius 2 is 1.95 bits per heavy atom. The minimum Gasteiger partial charge on any atom is -0.446 e. The van der Waals surface area contributed by atoms with E-state index in [2.05, 4.69) is 20.7 Å². The van der Waals surface area contributed by atoms with E-state index in [1.165, 1.54) is 0 Å². The Hall–Kier alpha value is -0.340. The maximum atomic E-state index is 11.6. The monoisotopic (exact) mass is 358 g/mol. The van der Waals surface area contributed by atoms with Gasteiger partial charge in [-0.1, -0.05) is 29.8 Å². The number of ether oxygens (including phenoxy) is 1. The van der Waals surface area contributed by atoms with E-state index in [4.69, 9.17) is 4.74 Å². The molecule has 2 N–H and O–H groups in total. The molecule has 0 heterocycles. The minimum absolute atomic E-state index is 0.176. The van der Waals surface area contributed by atoms with Crippen LogP contribution in [0, 0.1) is 5.41 Å². The number of halogens is 1. The van der Waals surface area contributed by atoms with E-state index in [1.807, 2.05) is 13.8 Å². The van der Waals surface area contributed by atoms with Crippen molar-refractivity contribution < 1.29 is 17.9 Å². The maximum absolute atomic E-state index is 11.6. The first-order valence-corrected chi connectivity index (χ1v) is 8.72. The molecule has 0 aliphatic rings. The number of hydrogen-bond acceptors (Lipinski definition) is 4. The third-order valence-electron chi connectivity index (χ3n) is 2.29. The summed E-state index contributed by atoms with van der Waals surface area (Å²) in [5.41, 5.74) is -0.176. The lowest BCUT2D eigenvalue weighted by atomic mass is 9.88. The van der Waals surface area contributed by atoms with Gasteiger partial charge in [0.2, 0.25) is 0 Å². The molecule has 0 rings (SSSR count). The number of rotatable bonds is 8. The lowest BCUT2D eigenvalue weighted by molar-refractivity contribution is 0.121. The molecule has 1 amide bonds.